The van der Waals surface area contributed by atoms with Gasteiger partial charge in [-0.05, 0) is 74.8 Å². The molecule has 0 bridgehead atoms. The molecule has 11 rings (SSSR count). The lowest BCUT2D eigenvalue weighted by Crippen LogP contribution is -2.34. The van der Waals surface area contributed by atoms with E-state index < -0.39 is 5.41 Å². The largest absolute Gasteiger partial charge is 0.309 e. The van der Waals surface area contributed by atoms with Gasteiger partial charge >= 0.3 is 0 Å². The summed E-state index contributed by atoms with van der Waals surface area (Å²) in [6.45, 7) is 0. The van der Waals surface area contributed by atoms with Crippen molar-refractivity contribution in [2.45, 2.75) is 5.41 Å². The van der Waals surface area contributed by atoms with Crippen molar-refractivity contribution in [3.8, 4) is 27.9 Å². The molecule has 0 radical (unpaired) electrons. The molecular formula is C43H25NS. The molecule has 7 aromatic carbocycles. The van der Waals surface area contributed by atoms with Crippen LogP contribution in [0.2, 0.25) is 0 Å². The third kappa shape index (κ3) is 2.80. The maximum absolute atomic E-state index is 2.52. The Kier molecular flexibility index (Phi) is 4.46. The molecule has 0 N–H and O–H groups in total. The minimum Gasteiger partial charge on any atom is -0.309 e. The van der Waals surface area contributed by atoms with Crippen LogP contribution in [0.4, 0.5) is 0 Å². The van der Waals surface area contributed by atoms with Gasteiger partial charge in [-0.1, -0.05) is 121 Å². The summed E-state index contributed by atoms with van der Waals surface area (Å²) in [6.07, 6.45) is 0. The summed E-state index contributed by atoms with van der Waals surface area (Å²) in [4.78, 5) is 0. The van der Waals surface area contributed by atoms with Gasteiger partial charge in [0.05, 0.1) is 22.1 Å². The fraction of sp³-hybridized carbons (Fsp3) is 0.0233. The van der Waals surface area contributed by atoms with Crippen LogP contribution in [0.3, 0.4) is 0 Å². The molecule has 2 heteroatoms. The van der Waals surface area contributed by atoms with Crippen LogP contribution in [0.25, 0.3) is 69.9 Å². The van der Waals surface area contributed by atoms with Crippen molar-refractivity contribution in [1.29, 1.82) is 0 Å². The Morgan fingerprint density at radius 3 is 2.07 bits per heavy atom. The summed E-state index contributed by atoms with van der Waals surface area (Å²) in [7, 11) is 0. The van der Waals surface area contributed by atoms with E-state index >= 15 is 0 Å². The van der Waals surface area contributed by atoms with E-state index in [1.807, 2.05) is 11.3 Å². The van der Waals surface area contributed by atoms with Crippen LogP contribution in [0.5, 0.6) is 0 Å². The van der Waals surface area contributed by atoms with E-state index in [0.29, 0.717) is 0 Å². The lowest BCUT2D eigenvalue weighted by atomic mass is 9.64. The second-order valence-electron chi connectivity index (χ2n) is 12.4. The van der Waals surface area contributed by atoms with Crippen LogP contribution in [-0.4, -0.2) is 4.57 Å². The quantitative estimate of drug-likeness (QED) is 0.180. The third-order valence-electron chi connectivity index (χ3n) is 10.4. The van der Waals surface area contributed by atoms with E-state index in [0.717, 1.165) is 0 Å². The van der Waals surface area contributed by atoms with E-state index in [4.69, 9.17) is 0 Å². The fourth-order valence-corrected chi connectivity index (χ4v) is 9.84. The molecule has 1 unspecified atom stereocenters. The van der Waals surface area contributed by atoms with Crippen molar-refractivity contribution < 1.29 is 0 Å². The number of rotatable bonds is 1. The molecule has 1 aliphatic carbocycles. The Bertz CT molecular complexity index is 2720. The first-order chi connectivity index (χ1) is 22.3. The number of benzene rings is 7. The second-order valence-corrected chi connectivity index (χ2v) is 13.5. The highest BCUT2D eigenvalue weighted by molar-refractivity contribution is 7.25. The first kappa shape index (κ1) is 23.9. The average molecular weight is 588 g/mol. The maximum atomic E-state index is 2.52. The van der Waals surface area contributed by atoms with E-state index in [1.54, 1.807) is 0 Å². The Hall–Kier alpha value is -5.44. The number of hydrogen-bond acceptors (Lipinski definition) is 1. The number of nitrogens with zero attached hydrogens (tertiary/aromatic N) is 1. The number of aromatic nitrogens is 1. The molecular weight excluding hydrogens is 563 g/mol. The topological polar surface area (TPSA) is 4.93 Å². The number of fused-ring (bicyclic) bond motifs is 15. The van der Waals surface area contributed by atoms with Gasteiger partial charge in [0.25, 0.3) is 0 Å². The van der Waals surface area contributed by atoms with Crippen molar-refractivity contribution in [2.75, 3.05) is 0 Å². The molecule has 2 aromatic heterocycles. The lowest BCUT2D eigenvalue weighted by molar-refractivity contribution is 0.750. The first-order valence-electron chi connectivity index (χ1n) is 15.6. The van der Waals surface area contributed by atoms with Crippen LogP contribution in [0.1, 0.15) is 22.3 Å². The Labute approximate surface area is 264 Å². The minimum atomic E-state index is -0.464. The van der Waals surface area contributed by atoms with Gasteiger partial charge in [0, 0.05) is 30.9 Å². The molecule has 2 aliphatic rings. The van der Waals surface area contributed by atoms with E-state index in [-0.39, 0.29) is 0 Å². The molecule has 1 spiro atoms. The lowest BCUT2D eigenvalue weighted by Gasteiger charge is -2.40. The zero-order valence-corrected chi connectivity index (χ0v) is 25.1. The molecule has 1 atom stereocenters. The summed E-state index contributed by atoms with van der Waals surface area (Å²) in [5.41, 5.74) is 14.1. The van der Waals surface area contributed by atoms with E-state index in [9.17, 15) is 0 Å². The number of hydrogen-bond donors (Lipinski definition) is 0. The molecule has 9 aromatic rings. The van der Waals surface area contributed by atoms with Crippen molar-refractivity contribution in [3.63, 3.8) is 0 Å². The molecule has 208 valence electrons. The number of para-hydroxylation sites is 3. The Balaban J connectivity index is 1.34. The van der Waals surface area contributed by atoms with Gasteiger partial charge in [-0.25, -0.2) is 0 Å². The van der Waals surface area contributed by atoms with Crippen molar-refractivity contribution >= 4 is 53.3 Å². The summed E-state index contributed by atoms with van der Waals surface area (Å²) in [6, 6.07) is 57.0. The Morgan fingerprint density at radius 2 is 1.11 bits per heavy atom. The van der Waals surface area contributed by atoms with Gasteiger partial charge in [-0.15, -0.1) is 11.3 Å². The van der Waals surface area contributed by atoms with Crippen molar-refractivity contribution in [3.05, 3.63) is 174 Å². The summed E-state index contributed by atoms with van der Waals surface area (Å²) >= 11 is 1.88. The summed E-state index contributed by atoms with van der Waals surface area (Å²) in [5.74, 6) is 0. The van der Waals surface area contributed by atoms with Crippen LogP contribution in [-0.2, 0) is 5.41 Å². The standard InChI is InChI=1S/C43H25NS/c1-4-17-34-28(11-1)31-15-9-14-27(26-23-24-40-33(25-26)30-13-3-8-22-39(30)45-40)41(31)43(34)35-18-5-7-21-38(35)44-37-20-6-2-12-29(37)32-16-10-19-36(43)42(32)44/h1-25H. The SMILES string of the molecule is c1ccc2c(c1)-c1cccc(-c3ccc4sc5ccccc5c4c3)c1C21c2ccccc2-n2c3ccccc3c3cccc1c32. The smallest absolute Gasteiger partial charge is 0.0760 e. The normalized spacial score (nSPS) is 16.1. The molecule has 1 nitrogen and oxygen atoms in total. The van der Waals surface area contributed by atoms with Crippen LogP contribution in [0.15, 0.2) is 152 Å². The second kappa shape index (κ2) is 8.38. The predicted molar refractivity (Wildman–Crippen MR) is 190 cm³/mol. The van der Waals surface area contributed by atoms with Gasteiger partial charge in [-0.3, -0.25) is 0 Å². The molecule has 0 saturated heterocycles. The monoisotopic (exact) mass is 587 g/mol. The fourth-order valence-electron chi connectivity index (χ4n) is 8.76. The van der Waals surface area contributed by atoms with Gasteiger partial charge < -0.3 is 4.57 Å². The molecule has 0 fully saturated rings. The highest BCUT2D eigenvalue weighted by Crippen LogP contribution is 2.62. The van der Waals surface area contributed by atoms with Crippen LogP contribution < -0.4 is 0 Å². The molecule has 0 amide bonds. The third-order valence-corrected chi connectivity index (χ3v) is 11.5. The van der Waals surface area contributed by atoms with Crippen LogP contribution in [0, 0.1) is 0 Å². The van der Waals surface area contributed by atoms with Gasteiger partial charge in [0.1, 0.15) is 0 Å². The Morgan fingerprint density at radius 1 is 0.444 bits per heavy atom. The maximum Gasteiger partial charge on any atom is 0.0760 e. The first-order valence-corrected chi connectivity index (χ1v) is 16.4. The van der Waals surface area contributed by atoms with Gasteiger partial charge in [0.15, 0.2) is 0 Å². The highest BCUT2D eigenvalue weighted by atomic mass is 32.1. The average Bonchev–Trinajstić information content (AvgIpc) is 3.74. The van der Waals surface area contributed by atoms with Crippen LogP contribution >= 0.6 is 11.3 Å². The van der Waals surface area contributed by atoms with E-state index in [2.05, 4.69) is 156 Å². The molecule has 45 heavy (non-hydrogen) atoms. The van der Waals surface area contributed by atoms with Gasteiger partial charge in [-0.2, -0.15) is 0 Å². The minimum absolute atomic E-state index is 0.464. The summed E-state index contributed by atoms with van der Waals surface area (Å²) in [5, 5.41) is 5.28. The molecule has 3 heterocycles. The highest BCUT2D eigenvalue weighted by Gasteiger charge is 2.51. The molecule has 0 saturated carbocycles. The number of thiophene rings is 1. The van der Waals surface area contributed by atoms with Gasteiger partial charge in [0.2, 0.25) is 0 Å². The predicted octanol–water partition coefficient (Wildman–Crippen LogP) is 11.5. The van der Waals surface area contributed by atoms with E-state index in [1.165, 1.54) is 92.2 Å². The molecule has 1 aliphatic heterocycles. The summed E-state index contributed by atoms with van der Waals surface area (Å²) < 4.78 is 5.20. The van der Waals surface area contributed by atoms with Crippen molar-refractivity contribution in [1.82, 2.24) is 4.57 Å². The zero-order chi connectivity index (χ0) is 29.3. The van der Waals surface area contributed by atoms with Crippen molar-refractivity contribution in [2.24, 2.45) is 0 Å². The zero-order valence-electron chi connectivity index (χ0n) is 24.3.